The standard InChI is InChI=1S/C21H23N5O2/c1-21(2,3)15-5-7-16(8-6-15)23-20-18(26(27)28)9-10-19(24-20)25(4)17-11-13-22-14-12-17/h5-14H,1-4H3,(H,23,24). The van der Waals surface area contributed by atoms with Crippen LogP contribution in [0.4, 0.5) is 28.7 Å². The molecular formula is C21H23N5O2. The van der Waals surface area contributed by atoms with E-state index in [1.807, 2.05) is 48.3 Å². The van der Waals surface area contributed by atoms with Gasteiger partial charge in [0.05, 0.1) is 4.92 Å². The molecule has 0 atom stereocenters. The molecule has 1 aromatic carbocycles. The second-order valence-corrected chi connectivity index (χ2v) is 7.51. The number of benzene rings is 1. The van der Waals surface area contributed by atoms with Gasteiger partial charge in [0.2, 0.25) is 5.82 Å². The zero-order valence-electron chi connectivity index (χ0n) is 16.4. The monoisotopic (exact) mass is 377 g/mol. The molecule has 0 amide bonds. The molecule has 144 valence electrons. The lowest BCUT2D eigenvalue weighted by atomic mass is 9.87. The lowest BCUT2D eigenvalue weighted by molar-refractivity contribution is -0.384. The van der Waals surface area contributed by atoms with Crippen LogP contribution in [0.3, 0.4) is 0 Å². The Morgan fingerprint density at radius 3 is 2.21 bits per heavy atom. The van der Waals surface area contributed by atoms with Gasteiger partial charge in [-0.15, -0.1) is 0 Å². The molecule has 28 heavy (non-hydrogen) atoms. The number of hydrogen-bond acceptors (Lipinski definition) is 6. The molecule has 3 rings (SSSR count). The van der Waals surface area contributed by atoms with Crippen molar-refractivity contribution >= 4 is 28.7 Å². The van der Waals surface area contributed by atoms with Crippen LogP contribution in [0.5, 0.6) is 0 Å². The summed E-state index contributed by atoms with van der Waals surface area (Å²) in [6, 6.07) is 14.6. The maximum atomic E-state index is 11.5. The van der Waals surface area contributed by atoms with E-state index < -0.39 is 4.92 Å². The topological polar surface area (TPSA) is 84.2 Å². The van der Waals surface area contributed by atoms with Crippen molar-refractivity contribution < 1.29 is 4.92 Å². The number of anilines is 4. The van der Waals surface area contributed by atoms with E-state index in [1.54, 1.807) is 18.5 Å². The van der Waals surface area contributed by atoms with Crippen LogP contribution in [0.1, 0.15) is 26.3 Å². The van der Waals surface area contributed by atoms with Gasteiger partial charge in [0.15, 0.2) is 0 Å². The number of rotatable bonds is 5. The van der Waals surface area contributed by atoms with Crippen LogP contribution in [-0.4, -0.2) is 21.9 Å². The number of pyridine rings is 2. The fourth-order valence-electron chi connectivity index (χ4n) is 2.76. The minimum atomic E-state index is -0.435. The lowest BCUT2D eigenvalue weighted by Gasteiger charge is -2.20. The van der Waals surface area contributed by atoms with Crippen LogP contribution >= 0.6 is 0 Å². The number of aromatic nitrogens is 2. The van der Waals surface area contributed by atoms with Crippen LogP contribution < -0.4 is 10.2 Å². The second kappa shape index (κ2) is 7.64. The molecule has 0 spiro atoms. The molecule has 2 heterocycles. The molecule has 3 aromatic rings. The van der Waals surface area contributed by atoms with Gasteiger partial charge >= 0.3 is 5.69 Å². The van der Waals surface area contributed by atoms with Gasteiger partial charge in [-0.25, -0.2) is 4.98 Å². The minimum absolute atomic E-state index is 0.0376. The first kappa shape index (κ1) is 19.3. The zero-order chi connectivity index (χ0) is 20.3. The minimum Gasteiger partial charge on any atom is -0.334 e. The maximum Gasteiger partial charge on any atom is 0.311 e. The fourth-order valence-corrected chi connectivity index (χ4v) is 2.76. The van der Waals surface area contributed by atoms with Crippen molar-refractivity contribution in [1.29, 1.82) is 0 Å². The van der Waals surface area contributed by atoms with Gasteiger partial charge in [0, 0.05) is 36.9 Å². The van der Waals surface area contributed by atoms with E-state index in [0.717, 1.165) is 11.4 Å². The quantitative estimate of drug-likeness (QED) is 0.486. The number of nitrogens with one attached hydrogen (secondary N) is 1. The molecule has 7 heteroatoms. The predicted molar refractivity (Wildman–Crippen MR) is 112 cm³/mol. The highest BCUT2D eigenvalue weighted by atomic mass is 16.6. The van der Waals surface area contributed by atoms with E-state index in [1.165, 1.54) is 11.6 Å². The van der Waals surface area contributed by atoms with E-state index >= 15 is 0 Å². The summed E-state index contributed by atoms with van der Waals surface area (Å²) in [5.41, 5.74) is 2.78. The van der Waals surface area contributed by atoms with Crippen molar-refractivity contribution in [3.05, 3.63) is 76.6 Å². The van der Waals surface area contributed by atoms with Gasteiger partial charge < -0.3 is 10.2 Å². The summed E-state index contributed by atoms with van der Waals surface area (Å²) in [6.07, 6.45) is 3.38. The first-order valence-electron chi connectivity index (χ1n) is 8.92. The Morgan fingerprint density at radius 1 is 1.00 bits per heavy atom. The summed E-state index contributed by atoms with van der Waals surface area (Å²) in [5, 5.41) is 14.5. The summed E-state index contributed by atoms with van der Waals surface area (Å²) in [7, 11) is 1.85. The molecule has 0 radical (unpaired) electrons. The van der Waals surface area contributed by atoms with Gasteiger partial charge in [0.1, 0.15) is 5.82 Å². The molecule has 0 fully saturated rings. The van der Waals surface area contributed by atoms with Crippen LogP contribution in [0.25, 0.3) is 0 Å². The van der Waals surface area contributed by atoms with Gasteiger partial charge in [0.25, 0.3) is 0 Å². The van der Waals surface area contributed by atoms with Crippen LogP contribution in [-0.2, 0) is 5.41 Å². The van der Waals surface area contributed by atoms with Crippen molar-refractivity contribution in [2.24, 2.45) is 0 Å². The normalized spacial score (nSPS) is 11.1. The molecular weight excluding hydrogens is 354 g/mol. The molecule has 0 aliphatic heterocycles. The van der Waals surface area contributed by atoms with Gasteiger partial charge in [-0.1, -0.05) is 32.9 Å². The molecule has 2 aromatic heterocycles. The SMILES string of the molecule is CN(c1ccncc1)c1ccc([N+](=O)[O-])c(Nc2ccc(C(C)(C)C)cc2)n1. The highest BCUT2D eigenvalue weighted by molar-refractivity contribution is 5.70. The predicted octanol–water partition coefficient (Wildman–Crippen LogP) is 5.19. The smallest absolute Gasteiger partial charge is 0.311 e. The van der Waals surface area contributed by atoms with E-state index in [-0.39, 0.29) is 16.9 Å². The molecule has 0 unspecified atom stereocenters. The summed E-state index contributed by atoms with van der Waals surface area (Å²) in [6.45, 7) is 6.42. The largest absolute Gasteiger partial charge is 0.334 e. The molecule has 7 nitrogen and oxygen atoms in total. The highest BCUT2D eigenvalue weighted by Crippen LogP contribution is 2.31. The summed E-state index contributed by atoms with van der Waals surface area (Å²) < 4.78 is 0. The second-order valence-electron chi connectivity index (χ2n) is 7.51. The van der Waals surface area contributed by atoms with Crippen molar-refractivity contribution in [2.75, 3.05) is 17.3 Å². The molecule has 0 aliphatic carbocycles. The van der Waals surface area contributed by atoms with E-state index in [4.69, 9.17) is 0 Å². The molecule has 0 saturated carbocycles. The Balaban J connectivity index is 1.93. The van der Waals surface area contributed by atoms with E-state index in [2.05, 4.69) is 36.1 Å². The van der Waals surface area contributed by atoms with Crippen LogP contribution in [0.2, 0.25) is 0 Å². The van der Waals surface area contributed by atoms with Gasteiger partial charge in [-0.3, -0.25) is 15.1 Å². The third-order valence-corrected chi connectivity index (χ3v) is 4.46. The number of nitro groups is 1. The van der Waals surface area contributed by atoms with Crippen LogP contribution in [0.15, 0.2) is 60.9 Å². The Bertz CT molecular complexity index is 966. The number of nitrogens with zero attached hydrogens (tertiary/aromatic N) is 4. The molecule has 1 N–H and O–H groups in total. The summed E-state index contributed by atoms with van der Waals surface area (Å²) in [4.78, 5) is 21.4. The highest BCUT2D eigenvalue weighted by Gasteiger charge is 2.19. The van der Waals surface area contributed by atoms with Crippen LogP contribution in [0, 0.1) is 10.1 Å². The maximum absolute atomic E-state index is 11.5. The van der Waals surface area contributed by atoms with Crippen molar-refractivity contribution in [3.8, 4) is 0 Å². The summed E-state index contributed by atoms with van der Waals surface area (Å²) >= 11 is 0. The van der Waals surface area contributed by atoms with E-state index in [0.29, 0.717) is 5.82 Å². The average molecular weight is 377 g/mol. The molecule has 0 bridgehead atoms. The number of hydrogen-bond donors (Lipinski definition) is 1. The Kier molecular flexibility index (Phi) is 5.26. The first-order chi connectivity index (χ1) is 13.3. The third-order valence-electron chi connectivity index (χ3n) is 4.46. The lowest BCUT2D eigenvalue weighted by Crippen LogP contribution is -2.13. The first-order valence-corrected chi connectivity index (χ1v) is 8.92. The van der Waals surface area contributed by atoms with Crippen molar-refractivity contribution in [1.82, 2.24) is 9.97 Å². The molecule has 0 saturated heterocycles. The Morgan fingerprint density at radius 2 is 1.64 bits per heavy atom. The molecule has 0 aliphatic rings. The fraction of sp³-hybridized carbons (Fsp3) is 0.238. The Labute approximate surface area is 164 Å². The Hall–Kier alpha value is -3.48. The summed E-state index contributed by atoms with van der Waals surface area (Å²) in [5.74, 6) is 0.789. The van der Waals surface area contributed by atoms with Crippen molar-refractivity contribution in [2.45, 2.75) is 26.2 Å². The van der Waals surface area contributed by atoms with Gasteiger partial charge in [-0.05, 0) is 41.3 Å². The van der Waals surface area contributed by atoms with Gasteiger partial charge in [-0.2, -0.15) is 0 Å². The zero-order valence-corrected chi connectivity index (χ0v) is 16.4. The van der Waals surface area contributed by atoms with E-state index in [9.17, 15) is 10.1 Å². The van der Waals surface area contributed by atoms with Crippen molar-refractivity contribution in [3.63, 3.8) is 0 Å². The average Bonchev–Trinajstić information content (AvgIpc) is 2.67. The third kappa shape index (κ3) is 4.25.